The molecule has 1 rings (SSSR count). The number of aliphatic imine (C=N–C) groups is 1. The average Bonchev–Trinajstić information content (AvgIpc) is 2.16. The molecule has 1 atom stereocenters. The van der Waals surface area contributed by atoms with E-state index >= 15 is 0 Å². The standard InChI is InChI=1S/C6H7NOS/c1-6(7-5-9)3-2-4-8-6/h2,4H,3H2,1H3/t6-/m0/s1. The summed E-state index contributed by atoms with van der Waals surface area (Å²) < 4.78 is 5.10. The van der Waals surface area contributed by atoms with Gasteiger partial charge in [-0.2, -0.15) is 4.99 Å². The molecule has 1 heterocycles. The molecule has 0 saturated heterocycles. The zero-order valence-electron chi connectivity index (χ0n) is 5.13. The maximum atomic E-state index is 5.10. The fourth-order valence-electron chi connectivity index (χ4n) is 0.678. The second-order valence-electron chi connectivity index (χ2n) is 2.07. The van der Waals surface area contributed by atoms with Crippen molar-refractivity contribution >= 4 is 17.4 Å². The second kappa shape index (κ2) is 2.29. The third-order valence-electron chi connectivity index (χ3n) is 1.20. The Morgan fingerprint density at radius 2 is 2.67 bits per heavy atom. The van der Waals surface area contributed by atoms with Gasteiger partial charge in [-0.25, -0.2) is 0 Å². The van der Waals surface area contributed by atoms with Gasteiger partial charge in [0.1, 0.15) is 0 Å². The molecule has 2 nitrogen and oxygen atoms in total. The molecular formula is C6H7NOS. The van der Waals surface area contributed by atoms with E-state index in [0.29, 0.717) is 0 Å². The average molecular weight is 141 g/mol. The van der Waals surface area contributed by atoms with Crippen LogP contribution in [0.25, 0.3) is 0 Å². The molecule has 0 unspecified atom stereocenters. The Kier molecular flexibility index (Phi) is 1.65. The molecule has 1 aliphatic heterocycles. The summed E-state index contributed by atoms with van der Waals surface area (Å²) in [6, 6.07) is 0. The fourth-order valence-corrected chi connectivity index (χ4v) is 0.871. The van der Waals surface area contributed by atoms with Crippen molar-refractivity contribution in [3.63, 3.8) is 0 Å². The molecule has 0 N–H and O–H groups in total. The first-order valence-electron chi connectivity index (χ1n) is 2.69. The van der Waals surface area contributed by atoms with Gasteiger partial charge >= 0.3 is 0 Å². The van der Waals surface area contributed by atoms with Gasteiger partial charge in [0.05, 0.1) is 11.4 Å². The lowest BCUT2D eigenvalue weighted by Crippen LogP contribution is -2.18. The maximum absolute atomic E-state index is 5.10. The molecule has 0 aromatic carbocycles. The van der Waals surface area contributed by atoms with Crippen LogP contribution in [0, 0.1) is 0 Å². The summed E-state index contributed by atoms with van der Waals surface area (Å²) in [7, 11) is 0. The lowest BCUT2D eigenvalue weighted by atomic mass is 10.2. The first-order valence-corrected chi connectivity index (χ1v) is 3.09. The Morgan fingerprint density at radius 1 is 1.89 bits per heavy atom. The highest BCUT2D eigenvalue weighted by molar-refractivity contribution is 7.78. The van der Waals surface area contributed by atoms with Crippen LogP contribution in [0.1, 0.15) is 13.3 Å². The van der Waals surface area contributed by atoms with Crippen molar-refractivity contribution in [2.45, 2.75) is 19.1 Å². The first-order chi connectivity index (χ1) is 4.27. The van der Waals surface area contributed by atoms with Crippen LogP contribution in [0.2, 0.25) is 0 Å². The summed E-state index contributed by atoms with van der Waals surface area (Å²) in [4.78, 5) is 3.84. The van der Waals surface area contributed by atoms with Crippen molar-refractivity contribution in [1.29, 1.82) is 0 Å². The minimum absolute atomic E-state index is 0.457. The highest BCUT2D eigenvalue weighted by Crippen LogP contribution is 2.22. The molecule has 3 heteroatoms. The first kappa shape index (κ1) is 6.46. The van der Waals surface area contributed by atoms with E-state index in [0.717, 1.165) is 6.42 Å². The van der Waals surface area contributed by atoms with Gasteiger partial charge in [0, 0.05) is 6.42 Å². The van der Waals surface area contributed by atoms with Crippen LogP contribution >= 0.6 is 12.2 Å². The van der Waals surface area contributed by atoms with Crippen LogP contribution in [0.5, 0.6) is 0 Å². The molecule has 1 aliphatic rings. The van der Waals surface area contributed by atoms with Crippen molar-refractivity contribution in [3.8, 4) is 0 Å². The van der Waals surface area contributed by atoms with E-state index in [-0.39, 0.29) is 0 Å². The summed E-state index contributed by atoms with van der Waals surface area (Å²) in [5.74, 6) is 0. The zero-order chi connectivity index (χ0) is 6.74. The van der Waals surface area contributed by atoms with Crippen LogP contribution in [0.15, 0.2) is 17.3 Å². The molecule has 0 saturated carbocycles. The van der Waals surface area contributed by atoms with Crippen molar-refractivity contribution in [2.75, 3.05) is 0 Å². The minimum atomic E-state index is -0.457. The molecule has 9 heavy (non-hydrogen) atoms. The van der Waals surface area contributed by atoms with Gasteiger partial charge in [0.15, 0.2) is 0 Å². The SMILES string of the molecule is C[C@@]1(N=C=S)CC=CO1. The summed E-state index contributed by atoms with van der Waals surface area (Å²) >= 11 is 4.44. The van der Waals surface area contributed by atoms with E-state index in [4.69, 9.17) is 4.74 Å². The number of rotatable bonds is 1. The topological polar surface area (TPSA) is 21.6 Å². The maximum Gasteiger partial charge on any atom is 0.209 e. The van der Waals surface area contributed by atoms with E-state index in [1.54, 1.807) is 6.26 Å². The van der Waals surface area contributed by atoms with Gasteiger partial charge in [-0.05, 0) is 25.2 Å². The van der Waals surface area contributed by atoms with Gasteiger partial charge in [-0.15, -0.1) is 0 Å². The summed E-state index contributed by atoms with van der Waals surface area (Å²) in [6.07, 6.45) is 4.34. The third-order valence-corrected chi connectivity index (χ3v) is 1.29. The molecule has 0 radical (unpaired) electrons. The number of hydrogen-bond acceptors (Lipinski definition) is 3. The summed E-state index contributed by atoms with van der Waals surface area (Å²) in [5, 5.41) is 2.29. The Balaban J connectivity index is 2.65. The normalized spacial score (nSPS) is 31.2. The van der Waals surface area contributed by atoms with E-state index in [9.17, 15) is 0 Å². The summed E-state index contributed by atoms with van der Waals surface area (Å²) in [5.41, 5.74) is -0.457. The minimum Gasteiger partial charge on any atom is -0.473 e. The van der Waals surface area contributed by atoms with E-state index in [1.165, 1.54) is 0 Å². The molecule has 0 aliphatic carbocycles. The van der Waals surface area contributed by atoms with Gasteiger partial charge in [-0.1, -0.05) is 0 Å². The smallest absolute Gasteiger partial charge is 0.209 e. The van der Waals surface area contributed by atoms with Crippen LogP contribution < -0.4 is 0 Å². The van der Waals surface area contributed by atoms with Gasteiger partial charge < -0.3 is 4.74 Å². The van der Waals surface area contributed by atoms with Gasteiger partial charge in [0.25, 0.3) is 0 Å². The van der Waals surface area contributed by atoms with Crippen LogP contribution in [-0.2, 0) is 4.74 Å². The van der Waals surface area contributed by atoms with E-state index < -0.39 is 5.72 Å². The van der Waals surface area contributed by atoms with Crippen LogP contribution in [-0.4, -0.2) is 10.9 Å². The van der Waals surface area contributed by atoms with Crippen molar-refractivity contribution < 1.29 is 4.74 Å². The molecule has 0 aromatic heterocycles. The van der Waals surface area contributed by atoms with Crippen molar-refractivity contribution in [3.05, 3.63) is 12.3 Å². The number of isothiocyanates is 1. The Bertz CT molecular complexity index is 173. The fraction of sp³-hybridized carbons (Fsp3) is 0.500. The zero-order valence-corrected chi connectivity index (χ0v) is 5.94. The quantitative estimate of drug-likeness (QED) is 0.410. The molecule has 0 amide bonds. The van der Waals surface area contributed by atoms with Crippen molar-refractivity contribution in [2.24, 2.45) is 4.99 Å². The monoisotopic (exact) mass is 141 g/mol. The highest BCUT2D eigenvalue weighted by Gasteiger charge is 2.24. The molecular weight excluding hydrogens is 134 g/mol. The van der Waals surface area contributed by atoms with E-state index in [1.807, 2.05) is 13.0 Å². The van der Waals surface area contributed by atoms with Gasteiger partial charge in [-0.3, -0.25) is 0 Å². The van der Waals surface area contributed by atoms with Gasteiger partial charge in [0.2, 0.25) is 5.72 Å². The molecule has 0 aromatic rings. The highest BCUT2D eigenvalue weighted by atomic mass is 32.1. The van der Waals surface area contributed by atoms with E-state index in [2.05, 4.69) is 22.4 Å². The number of thiocarbonyl (C=S) groups is 1. The third kappa shape index (κ3) is 1.37. The Hall–Kier alpha value is -0.660. The Labute approximate surface area is 59.2 Å². The van der Waals surface area contributed by atoms with Crippen LogP contribution in [0.3, 0.4) is 0 Å². The molecule has 0 bridgehead atoms. The summed E-state index contributed by atoms with van der Waals surface area (Å²) in [6.45, 7) is 1.87. The molecule has 48 valence electrons. The molecule has 0 spiro atoms. The number of ether oxygens (including phenoxy) is 1. The Morgan fingerprint density at radius 3 is 3.11 bits per heavy atom. The predicted octanol–water partition coefficient (Wildman–Crippen LogP) is 1.74. The largest absolute Gasteiger partial charge is 0.473 e. The predicted molar refractivity (Wildman–Crippen MR) is 38.3 cm³/mol. The molecule has 0 fully saturated rings. The number of hydrogen-bond donors (Lipinski definition) is 0. The number of nitrogens with zero attached hydrogens (tertiary/aromatic N) is 1. The lowest BCUT2D eigenvalue weighted by molar-refractivity contribution is 0.0739. The van der Waals surface area contributed by atoms with Crippen LogP contribution in [0.4, 0.5) is 0 Å². The van der Waals surface area contributed by atoms with Crippen molar-refractivity contribution in [1.82, 2.24) is 0 Å². The lowest BCUT2D eigenvalue weighted by Gasteiger charge is -2.15. The second-order valence-corrected chi connectivity index (χ2v) is 2.25.